The molecule has 0 atom stereocenters. The second-order valence-corrected chi connectivity index (χ2v) is 3.15. The Morgan fingerprint density at radius 1 is 1.67 bits per heavy atom. The molecule has 1 aromatic heterocycles. The standard InChI is InChI=1S/C8H7ClF2N2O2/c9-6-3(2-5(14)15)1-4(12)13-7(6)8(10)11/h1,8H,2H2,(H2,12,13)(H,14,15). The van der Waals surface area contributed by atoms with Gasteiger partial charge in [0, 0.05) is 0 Å². The first-order valence-corrected chi connectivity index (χ1v) is 4.24. The maximum atomic E-state index is 12.4. The molecular weight excluding hydrogens is 230 g/mol. The van der Waals surface area contributed by atoms with Gasteiger partial charge in [-0.1, -0.05) is 11.6 Å². The number of carboxylic acid groups (broad SMARTS) is 1. The monoisotopic (exact) mass is 236 g/mol. The van der Waals surface area contributed by atoms with Crippen LogP contribution in [0.1, 0.15) is 17.7 Å². The summed E-state index contributed by atoms with van der Waals surface area (Å²) in [5.74, 6) is -1.35. The van der Waals surface area contributed by atoms with Crippen LogP contribution in [0.4, 0.5) is 14.6 Å². The van der Waals surface area contributed by atoms with Crippen LogP contribution in [0.25, 0.3) is 0 Å². The first-order chi connectivity index (χ1) is 6.91. The molecule has 0 unspecified atom stereocenters. The molecule has 1 heterocycles. The molecule has 0 radical (unpaired) electrons. The van der Waals surface area contributed by atoms with Crippen molar-refractivity contribution in [3.63, 3.8) is 0 Å². The summed E-state index contributed by atoms with van der Waals surface area (Å²) in [6.07, 6.45) is -3.35. The van der Waals surface area contributed by atoms with Crippen LogP contribution in [-0.2, 0) is 11.2 Å². The number of halogens is 3. The van der Waals surface area contributed by atoms with Crippen LogP contribution in [-0.4, -0.2) is 16.1 Å². The van der Waals surface area contributed by atoms with Gasteiger partial charge in [0.1, 0.15) is 11.5 Å². The number of carbonyl (C=O) groups is 1. The maximum Gasteiger partial charge on any atom is 0.307 e. The van der Waals surface area contributed by atoms with Crippen LogP contribution in [0.3, 0.4) is 0 Å². The van der Waals surface area contributed by atoms with Gasteiger partial charge < -0.3 is 10.8 Å². The predicted octanol–water partition coefficient (Wildman–Crippen LogP) is 1.88. The molecule has 82 valence electrons. The lowest BCUT2D eigenvalue weighted by Crippen LogP contribution is -2.06. The minimum atomic E-state index is -2.88. The third kappa shape index (κ3) is 2.76. The maximum absolute atomic E-state index is 12.4. The number of aromatic nitrogens is 1. The minimum absolute atomic E-state index is 0.0342. The van der Waals surface area contributed by atoms with E-state index in [0.717, 1.165) is 0 Å². The van der Waals surface area contributed by atoms with E-state index in [2.05, 4.69) is 4.98 Å². The molecule has 0 saturated carbocycles. The van der Waals surface area contributed by atoms with Crippen LogP contribution in [0.15, 0.2) is 6.07 Å². The molecule has 0 saturated heterocycles. The van der Waals surface area contributed by atoms with Crippen molar-refractivity contribution in [1.82, 2.24) is 4.98 Å². The summed E-state index contributed by atoms with van der Waals surface area (Å²) in [5.41, 5.74) is 4.59. The zero-order valence-electron chi connectivity index (χ0n) is 7.38. The average Bonchev–Trinajstić information content (AvgIpc) is 2.09. The summed E-state index contributed by atoms with van der Waals surface area (Å²) < 4.78 is 24.8. The molecule has 1 rings (SSSR count). The third-order valence-electron chi connectivity index (χ3n) is 1.63. The van der Waals surface area contributed by atoms with E-state index in [0.29, 0.717) is 0 Å². The van der Waals surface area contributed by atoms with Crippen molar-refractivity contribution in [1.29, 1.82) is 0 Å². The Kier molecular flexibility index (Phi) is 3.41. The second kappa shape index (κ2) is 4.39. The number of anilines is 1. The van der Waals surface area contributed by atoms with Crippen LogP contribution in [0, 0.1) is 0 Å². The molecule has 0 amide bonds. The van der Waals surface area contributed by atoms with Crippen LogP contribution in [0.5, 0.6) is 0 Å². The summed E-state index contributed by atoms with van der Waals surface area (Å²) in [5, 5.41) is 8.16. The molecule has 0 fully saturated rings. The number of rotatable bonds is 3. The normalized spacial score (nSPS) is 10.7. The zero-order chi connectivity index (χ0) is 11.6. The fourth-order valence-corrected chi connectivity index (χ4v) is 1.31. The highest BCUT2D eigenvalue weighted by molar-refractivity contribution is 6.32. The lowest BCUT2D eigenvalue weighted by Gasteiger charge is -2.07. The summed E-state index contributed by atoms with van der Waals surface area (Å²) in [6.45, 7) is 0. The molecule has 1 aromatic rings. The first kappa shape index (κ1) is 11.6. The highest BCUT2D eigenvalue weighted by Crippen LogP contribution is 2.29. The number of hydrogen-bond acceptors (Lipinski definition) is 3. The van der Waals surface area contributed by atoms with Crippen molar-refractivity contribution in [2.75, 3.05) is 5.73 Å². The molecule has 0 aliphatic rings. The average molecular weight is 237 g/mol. The number of hydrogen-bond donors (Lipinski definition) is 2. The highest BCUT2D eigenvalue weighted by Gasteiger charge is 2.19. The number of nitrogen functional groups attached to an aromatic ring is 1. The van der Waals surface area contributed by atoms with Crippen LogP contribution >= 0.6 is 11.6 Å². The molecule has 0 bridgehead atoms. The van der Waals surface area contributed by atoms with Gasteiger partial charge in [-0.15, -0.1) is 0 Å². The largest absolute Gasteiger partial charge is 0.481 e. The van der Waals surface area contributed by atoms with E-state index in [4.69, 9.17) is 22.4 Å². The van der Waals surface area contributed by atoms with E-state index < -0.39 is 24.5 Å². The smallest absolute Gasteiger partial charge is 0.307 e. The van der Waals surface area contributed by atoms with E-state index in [9.17, 15) is 13.6 Å². The predicted molar refractivity (Wildman–Crippen MR) is 50.0 cm³/mol. The number of nitrogens with two attached hydrogens (primary N) is 1. The molecule has 0 spiro atoms. The number of aliphatic carboxylic acids is 1. The van der Waals surface area contributed by atoms with Gasteiger partial charge in [0.25, 0.3) is 6.43 Å². The van der Waals surface area contributed by atoms with Crippen LogP contribution in [0.2, 0.25) is 5.02 Å². The van der Waals surface area contributed by atoms with Crippen molar-refractivity contribution in [2.45, 2.75) is 12.8 Å². The number of carboxylic acids is 1. The molecule has 3 N–H and O–H groups in total. The second-order valence-electron chi connectivity index (χ2n) is 2.78. The first-order valence-electron chi connectivity index (χ1n) is 3.86. The summed E-state index contributed by atoms with van der Waals surface area (Å²) in [4.78, 5) is 13.7. The molecule has 0 aliphatic heterocycles. The quantitative estimate of drug-likeness (QED) is 0.840. The Hall–Kier alpha value is -1.43. The van der Waals surface area contributed by atoms with Crippen molar-refractivity contribution < 1.29 is 18.7 Å². The molecule has 0 aromatic carbocycles. The van der Waals surface area contributed by atoms with E-state index in [1.165, 1.54) is 6.07 Å². The molecule has 0 aliphatic carbocycles. The Bertz CT molecular complexity index is 398. The lowest BCUT2D eigenvalue weighted by atomic mass is 10.1. The fraction of sp³-hybridized carbons (Fsp3) is 0.250. The SMILES string of the molecule is Nc1cc(CC(=O)O)c(Cl)c(C(F)F)n1. The van der Waals surface area contributed by atoms with Gasteiger partial charge in [0.05, 0.1) is 11.4 Å². The summed E-state index contributed by atoms with van der Waals surface area (Å²) in [6, 6.07) is 1.17. The van der Waals surface area contributed by atoms with Crippen LogP contribution < -0.4 is 5.73 Å². The lowest BCUT2D eigenvalue weighted by molar-refractivity contribution is -0.136. The van der Waals surface area contributed by atoms with E-state index >= 15 is 0 Å². The Morgan fingerprint density at radius 3 is 2.73 bits per heavy atom. The fourth-order valence-electron chi connectivity index (χ4n) is 1.06. The number of nitrogens with zero attached hydrogens (tertiary/aromatic N) is 1. The van der Waals surface area contributed by atoms with Gasteiger partial charge in [0.2, 0.25) is 0 Å². The summed E-state index contributed by atoms with van der Waals surface area (Å²) >= 11 is 5.56. The Balaban J connectivity index is 3.21. The van der Waals surface area contributed by atoms with Gasteiger partial charge >= 0.3 is 5.97 Å². The van der Waals surface area contributed by atoms with Crippen molar-refractivity contribution in [3.8, 4) is 0 Å². The number of alkyl halides is 2. The third-order valence-corrected chi connectivity index (χ3v) is 2.06. The highest BCUT2D eigenvalue weighted by atomic mass is 35.5. The zero-order valence-corrected chi connectivity index (χ0v) is 8.13. The Morgan fingerprint density at radius 2 is 2.27 bits per heavy atom. The topological polar surface area (TPSA) is 76.2 Å². The molecule has 7 heteroatoms. The van der Waals surface area contributed by atoms with Gasteiger partial charge in [-0.05, 0) is 11.6 Å². The van der Waals surface area contributed by atoms with Crippen molar-refractivity contribution >= 4 is 23.4 Å². The van der Waals surface area contributed by atoms with E-state index in [-0.39, 0.29) is 16.4 Å². The summed E-state index contributed by atoms with van der Waals surface area (Å²) in [7, 11) is 0. The van der Waals surface area contributed by atoms with Gasteiger partial charge in [0.15, 0.2) is 0 Å². The minimum Gasteiger partial charge on any atom is -0.481 e. The van der Waals surface area contributed by atoms with Crippen molar-refractivity contribution in [3.05, 3.63) is 22.3 Å². The van der Waals surface area contributed by atoms with Gasteiger partial charge in [-0.3, -0.25) is 4.79 Å². The molecule has 4 nitrogen and oxygen atoms in total. The molecular formula is C8H7ClF2N2O2. The van der Waals surface area contributed by atoms with E-state index in [1.54, 1.807) is 0 Å². The van der Waals surface area contributed by atoms with E-state index in [1.807, 2.05) is 0 Å². The van der Waals surface area contributed by atoms with Gasteiger partial charge in [-0.25, -0.2) is 13.8 Å². The van der Waals surface area contributed by atoms with Crippen molar-refractivity contribution in [2.24, 2.45) is 0 Å². The Labute approximate surface area is 88.7 Å². The number of pyridine rings is 1. The van der Waals surface area contributed by atoms with Gasteiger partial charge in [-0.2, -0.15) is 0 Å². The molecule has 15 heavy (non-hydrogen) atoms.